The van der Waals surface area contributed by atoms with Gasteiger partial charge in [0.1, 0.15) is 5.82 Å². The van der Waals surface area contributed by atoms with Crippen molar-refractivity contribution in [3.63, 3.8) is 0 Å². The van der Waals surface area contributed by atoms with Crippen LogP contribution in [0.1, 0.15) is 70.1 Å². The molecule has 0 atom stereocenters. The first-order valence-corrected chi connectivity index (χ1v) is 10.8. The van der Waals surface area contributed by atoms with Crippen molar-refractivity contribution in [2.24, 2.45) is 0 Å². The maximum atomic E-state index is 11.2. The van der Waals surface area contributed by atoms with Gasteiger partial charge < -0.3 is 15.0 Å². The van der Waals surface area contributed by atoms with Crippen LogP contribution >= 0.6 is 0 Å². The van der Waals surface area contributed by atoms with E-state index in [9.17, 15) is 4.79 Å². The molecule has 3 rings (SSSR count). The molecule has 1 fully saturated rings. The zero-order valence-electron chi connectivity index (χ0n) is 17.4. The Balaban J connectivity index is 0.00000126. The lowest BCUT2D eigenvalue weighted by atomic mass is 10.1. The van der Waals surface area contributed by atoms with E-state index in [1.807, 2.05) is 13.8 Å². The number of fused-ring (bicyclic) bond motifs is 1. The third-order valence-corrected chi connectivity index (χ3v) is 5.20. The number of esters is 1. The zero-order valence-corrected chi connectivity index (χ0v) is 17.4. The van der Waals surface area contributed by atoms with Crippen LogP contribution in [0.3, 0.4) is 0 Å². The van der Waals surface area contributed by atoms with Crippen LogP contribution in [0.4, 0.5) is 5.82 Å². The lowest BCUT2D eigenvalue weighted by Gasteiger charge is -2.21. The van der Waals surface area contributed by atoms with Gasteiger partial charge in [0.25, 0.3) is 0 Å². The Kier molecular flexibility index (Phi) is 9.60. The van der Waals surface area contributed by atoms with Gasteiger partial charge in [0.2, 0.25) is 0 Å². The maximum Gasteiger partial charge on any atom is 0.305 e. The number of unbranched alkanes of at least 4 members (excludes halogenated alkanes) is 1. The first kappa shape index (κ1) is 21.7. The highest BCUT2D eigenvalue weighted by Gasteiger charge is 2.28. The van der Waals surface area contributed by atoms with Gasteiger partial charge in [-0.05, 0) is 76.1 Å². The van der Waals surface area contributed by atoms with E-state index in [0.29, 0.717) is 6.42 Å². The second-order valence-electron chi connectivity index (χ2n) is 7.24. The molecular weight excluding hydrogens is 338 g/mol. The van der Waals surface area contributed by atoms with Gasteiger partial charge in [-0.25, -0.2) is 4.98 Å². The minimum atomic E-state index is -0.0946. The SMILES string of the molecule is CC.COC(=O)CCCN(CCCCc1ccc2c(n1)NCCC2)C1CC1. The van der Waals surface area contributed by atoms with Crippen LogP contribution in [-0.2, 0) is 22.4 Å². The first-order valence-electron chi connectivity index (χ1n) is 10.8. The van der Waals surface area contributed by atoms with Gasteiger partial charge in [-0.3, -0.25) is 4.79 Å². The van der Waals surface area contributed by atoms with Crippen molar-refractivity contribution in [3.05, 3.63) is 23.4 Å². The molecule has 152 valence electrons. The van der Waals surface area contributed by atoms with Crippen LogP contribution in [0.25, 0.3) is 0 Å². The molecule has 1 aliphatic carbocycles. The van der Waals surface area contributed by atoms with Crippen LogP contribution in [0.2, 0.25) is 0 Å². The minimum Gasteiger partial charge on any atom is -0.469 e. The fraction of sp³-hybridized carbons (Fsp3) is 0.727. The molecule has 0 amide bonds. The number of hydrogen-bond donors (Lipinski definition) is 1. The zero-order chi connectivity index (χ0) is 19.5. The molecule has 2 aliphatic rings. The highest BCUT2D eigenvalue weighted by Crippen LogP contribution is 2.27. The number of ether oxygens (including phenoxy) is 1. The number of aryl methyl sites for hydroxylation is 2. The minimum absolute atomic E-state index is 0.0946. The second kappa shape index (κ2) is 12.0. The number of anilines is 1. The molecule has 0 spiro atoms. The quantitative estimate of drug-likeness (QED) is 0.490. The van der Waals surface area contributed by atoms with E-state index < -0.39 is 0 Å². The lowest BCUT2D eigenvalue weighted by Crippen LogP contribution is -2.28. The van der Waals surface area contributed by atoms with Crippen LogP contribution in [0.15, 0.2) is 12.1 Å². The van der Waals surface area contributed by atoms with Crippen LogP contribution in [-0.4, -0.2) is 48.6 Å². The first-order chi connectivity index (χ1) is 13.3. The molecule has 5 heteroatoms. The summed E-state index contributed by atoms with van der Waals surface area (Å²) in [6.45, 7) is 7.20. The molecule has 1 N–H and O–H groups in total. The van der Waals surface area contributed by atoms with E-state index in [1.165, 1.54) is 50.5 Å². The van der Waals surface area contributed by atoms with Crippen molar-refractivity contribution in [1.29, 1.82) is 0 Å². The summed E-state index contributed by atoms with van der Waals surface area (Å²) < 4.78 is 4.73. The third-order valence-electron chi connectivity index (χ3n) is 5.20. The van der Waals surface area contributed by atoms with Gasteiger partial charge in [0.05, 0.1) is 7.11 Å². The standard InChI is InChI=1S/C20H31N3O2.C2H6/c1-25-19(24)8-5-15-23(18-11-12-18)14-3-2-7-17-10-9-16-6-4-13-21-20(16)22-17;1-2/h9-10,18H,2-8,11-15H2,1H3,(H,21,22);1-2H3. The summed E-state index contributed by atoms with van der Waals surface area (Å²) in [5, 5.41) is 3.41. The molecule has 0 radical (unpaired) electrons. The molecule has 2 heterocycles. The molecule has 0 bridgehead atoms. The molecule has 27 heavy (non-hydrogen) atoms. The van der Waals surface area contributed by atoms with Gasteiger partial charge in [0, 0.05) is 24.7 Å². The average Bonchev–Trinajstić information content (AvgIpc) is 3.56. The van der Waals surface area contributed by atoms with Crippen LogP contribution < -0.4 is 5.32 Å². The summed E-state index contributed by atoms with van der Waals surface area (Å²) in [4.78, 5) is 18.6. The van der Waals surface area contributed by atoms with Gasteiger partial charge >= 0.3 is 5.97 Å². The molecular formula is C22H37N3O2. The number of carbonyl (C=O) groups excluding carboxylic acids is 1. The van der Waals surface area contributed by atoms with Crippen LogP contribution in [0, 0.1) is 0 Å². The van der Waals surface area contributed by atoms with Crippen molar-refractivity contribution in [3.8, 4) is 0 Å². The third kappa shape index (κ3) is 7.49. The smallest absolute Gasteiger partial charge is 0.305 e. The number of rotatable bonds is 10. The Morgan fingerprint density at radius 2 is 2.00 bits per heavy atom. The van der Waals surface area contributed by atoms with Crippen molar-refractivity contribution in [2.75, 3.05) is 32.1 Å². The summed E-state index contributed by atoms with van der Waals surface area (Å²) in [5.74, 6) is 1.01. The Bertz CT molecular complexity index is 573. The number of methoxy groups -OCH3 is 1. The summed E-state index contributed by atoms with van der Waals surface area (Å²) in [6.07, 6.45) is 9.85. The summed E-state index contributed by atoms with van der Waals surface area (Å²) >= 11 is 0. The van der Waals surface area contributed by atoms with Crippen molar-refractivity contribution in [1.82, 2.24) is 9.88 Å². The van der Waals surface area contributed by atoms with E-state index in [4.69, 9.17) is 9.72 Å². The van der Waals surface area contributed by atoms with Crippen molar-refractivity contribution in [2.45, 2.75) is 77.7 Å². The number of pyridine rings is 1. The summed E-state index contributed by atoms with van der Waals surface area (Å²) in [5.41, 5.74) is 2.57. The Labute approximate surface area is 164 Å². The number of nitrogens with one attached hydrogen (secondary N) is 1. The molecule has 0 unspecified atom stereocenters. The normalized spacial score (nSPS) is 15.4. The average molecular weight is 376 g/mol. The van der Waals surface area contributed by atoms with Gasteiger partial charge in [-0.2, -0.15) is 0 Å². The number of aromatic nitrogens is 1. The number of hydrogen-bond acceptors (Lipinski definition) is 5. The topological polar surface area (TPSA) is 54.5 Å². The van der Waals surface area contributed by atoms with E-state index >= 15 is 0 Å². The number of carbonyl (C=O) groups is 1. The molecule has 5 nitrogen and oxygen atoms in total. The molecule has 1 saturated carbocycles. The molecule has 1 aromatic heterocycles. The Morgan fingerprint density at radius 1 is 1.22 bits per heavy atom. The largest absolute Gasteiger partial charge is 0.469 e. The van der Waals surface area contributed by atoms with E-state index in [-0.39, 0.29) is 5.97 Å². The van der Waals surface area contributed by atoms with E-state index in [1.54, 1.807) is 0 Å². The van der Waals surface area contributed by atoms with E-state index in [2.05, 4.69) is 22.3 Å². The maximum absolute atomic E-state index is 11.2. The van der Waals surface area contributed by atoms with Crippen molar-refractivity contribution < 1.29 is 9.53 Å². The highest BCUT2D eigenvalue weighted by atomic mass is 16.5. The Morgan fingerprint density at radius 3 is 2.74 bits per heavy atom. The van der Waals surface area contributed by atoms with Crippen molar-refractivity contribution >= 4 is 11.8 Å². The molecule has 1 aromatic rings. The fourth-order valence-electron chi connectivity index (χ4n) is 3.57. The predicted molar refractivity (Wildman–Crippen MR) is 111 cm³/mol. The predicted octanol–water partition coefficient (Wildman–Crippen LogP) is 4.21. The molecule has 0 saturated heterocycles. The Hall–Kier alpha value is -1.62. The lowest BCUT2D eigenvalue weighted by molar-refractivity contribution is -0.140. The van der Waals surface area contributed by atoms with Crippen LogP contribution in [0.5, 0.6) is 0 Å². The monoisotopic (exact) mass is 375 g/mol. The summed E-state index contributed by atoms with van der Waals surface area (Å²) in [7, 11) is 1.46. The summed E-state index contributed by atoms with van der Waals surface area (Å²) in [6, 6.07) is 5.19. The van der Waals surface area contributed by atoms with Gasteiger partial charge in [0.15, 0.2) is 0 Å². The highest BCUT2D eigenvalue weighted by molar-refractivity contribution is 5.69. The van der Waals surface area contributed by atoms with Gasteiger partial charge in [-0.15, -0.1) is 0 Å². The second-order valence-corrected chi connectivity index (χ2v) is 7.24. The van der Waals surface area contributed by atoms with E-state index in [0.717, 1.165) is 50.8 Å². The van der Waals surface area contributed by atoms with Gasteiger partial charge in [-0.1, -0.05) is 19.9 Å². The fourth-order valence-corrected chi connectivity index (χ4v) is 3.57. The molecule has 1 aliphatic heterocycles. The number of nitrogens with zero attached hydrogens (tertiary/aromatic N) is 2. The molecule has 0 aromatic carbocycles.